The van der Waals surface area contributed by atoms with Gasteiger partial charge in [-0.1, -0.05) is 23.7 Å². The van der Waals surface area contributed by atoms with Gasteiger partial charge in [0, 0.05) is 19.0 Å². The van der Waals surface area contributed by atoms with E-state index in [1.165, 1.54) is 6.07 Å². The molecule has 28 heavy (non-hydrogen) atoms. The van der Waals surface area contributed by atoms with Gasteiger partial charge in [-0.15, -0.1) is 15.3 Å². The zero-order valence-electron chi connectivity index (χ0n) is 14.7. The molecule has 1 atom stereocenters. The number of piperidine rings is 1. The number of ether oxygens (including phenoxy) is 1. The van der Waals surface area contributed by atoms with Crippen LogP contribution in [0.15, 0.2) is 36.4 Å². The van der Waals surface area contributed by atoms with E-state index in [1.54, 1.807) is 12.1 Å². The molecule has 0 N–H and O–H groups in total. The predicted molar refractivity (Wildman–Crippen MR) is 97.7 cm³/mol. The van der Waals surface area contributed by atoms with E-state index in [1.807, 2.05) is 23.1 Å². The number of rotatable bonds is 4. The van der Waals surface area contributed by atoms with Crippen LogP contribution < -0.4 is 9.64 Å². The molecule has 1 fully saturated rings. The molecule has 0 spiro atoms. The number of alkyl halides is 3. The fourth-order valence-corrected chi connectivity index (χ4v) is 3.49. The number of aromatic nitrogens is 4. The molecule has 6 nitrogen and oxygen atoms in total. The van der Waals surface area contributed by atoms with Gasteiger partial charge in [-0.3, -0.25) is 0 Å². The minimum absolute atomic E-state index is 0.0617. The lowest BCUT2D eigenvalue weighted by molar-refractivity contribution is -0.146. The summed E-state index contributed by atoms with van der Waals surface area (Å²) < 4.78 is 45.8. The van der Waals surface area contributed by atoms with Gasteiger partial charge in [0.05, 0.1) is 11.6 Å². The SMILES string of the molecule is FC(F)(F)c1nnc2ccc(N3CCCC(COc4ccccc4Cl)C3)nn12. The van der Waals surface area contributed by atoms with Crippen molar-refractivity contribution in [3.8, 4) is 5.75 Å². The molecular formula is C18H17ClF3N5O. The van der Waals surface area contributed by atoms with E-state index in [0.29, 0.717) is 36.3 Å². The molecule has 1 unspecified atom stereocenters. The summed E-state index contributed by atoms with van der Waals surface area (Å²) >= 11 is 6.11. The normalized spacial score (nSPS) is 17.9. The van der Waals surface area contributed by atoms with Gasteiger partial charge in [0.25, 0.3) is 5.82 Å². The summed E-state index contributed by atoms with van der Waals surface area (Å²) in [6, 6.07) is 10.4. The second-order valence-corrected chi connectivity index (χ2v) is 7.09. The van der Waals surface area contributed by atoms with Gasteiger partial charge in [-0.2, -0.15) is 17.7 Å². The number of hydrogen-bond donors (Lipinski definition) is 0. The minimum Gasteiger partial charge on any atom is -0.492 e. The van der Waals surface area contributed by atoms with E-state index < -0.39 is 12.0 Å². The number of anilines is 1. The monoisotopic (exact) mass is 411 g/mol. The van der Waals surface area contributed by atoms with Gasteiger partial charge < -0.3 is 9.64 Å². The molecule has 1 aromatic carbocycles. The molecule has 4 rings (SSSR count). The predicted octanol–water partition coefficient (Wildman–Crippen LogP) is 4.09. The van der Waals surface area contributed by atoms with Crippen molar-refractivity contribution in [2.75, 3.05) is 24.6 Å². The Kier molecular flexibility index (Phi) is 5.01. The summed E-state index contributed by atoms with van der Waals surface area (Å²) in [7, 11) is 0. The maximum Gasteiger partial charge on any atom is 0.453 e. The van der Waals surface area contributed by atoms with Gasteiger partial charge in [-0.25, -0.2) is 0 Å². The molecule has 3 heterocycles. The summed E-state index contributed by atoms with van der Waals surface area (Å²) in [5.74, 6) is 0.172. The Hall–Kier alpha value is -2.55. The standard InChI is InChI=1S/C18H17ClF3N5O/c19-13-5-1-2-6-14(13)28-11-12-4-3-9-26(10-12)16-8-7-15-23-24-17(18(20,21)22)27(15)25-16/h1-2,5-8,12H,3-4,9-11H2. The Labute approximate surface area is 163 Å². The van der Waals surface area contributed by atoms with Crippen LogP contribution in [-0.4, -0.2) is 39.5 Å². The van der Waals surface area contributed by atoms with Crippen LogP contribution in [0.1, 0.15) is 18.7 Å². The van der Waals surface area contributed by atoms with Crippen LogP contribution >= 0.6 is 11.6 Å². The fourth-order valence-electron chi connectivity index (χ4n) is 3.30. The molecule has 10 heteroatoms. The highest BCUT2D eigenvalue weighted by atomic mass is 35.5. The van der Waals surface area contributed by atoms with Crippen molar-refractivity contribution in [2.45, 2.75) is 19.0 Å². The van der Waals surface area contributed by atoms with Gasteiger partial charge in [0.1, 0.15) is 11.6 Å². The third-order valence-electron chi connectivity index (χ3n) is 4.66. The molecule has 0 bridgehead atoms. The van der Waals surface area contributed by atoms with Crippen molar-refractivity contribution < 1.29 is 17.9 Å². The summed E-state index contributed by atoms with van der Waals surface area (Å²) in [6.07, 6.45) is -2.76. The number of benzene rings is 1. The summed E-state index contributed by atoms with van der Waals surface area (Å²) in [6.45, 7) is 1.82. The molecule has 0 radical (unpaired) electrons. The Bertz CT molecular complexity index is 977. The maximum atomic E-state index is 13.1. The second kappa shape index (κ2) is 7.46. The molecule has 0 saturated carbocycles. The molecular weight excluding hydrogens is 395 g/mol. The second-order valence-electron chi connectivity index (χ2n) is 6.68. The number of hydrogen-bond acceptors (Lipinski definition) is 5. The van der Waals surface area contributed by atoms with Crippen molar-refractivity contribution in [3.05, 3.63) is 47.2 Å². The first-order valence-corrected chi connectivity index (χ1v) is 9.21. The summed E-state index contributed by atoms with van der Waals surface area (Å²) in [4.78, 5) is 1.96. The number of nitrogens with zero attached hydrogens (tertiary/aromatic N) is 5. The third-order valence-corrected chi connectivity index (χ3v) is 4.97. The molecule has 0 aliphatic carbocycles. The van der Waals surface area contributed by atoms with E-state index >= 15 is 0 Å². The van der Waals surface area contributed by atoms with E-state index in [2.05, 4.69) is 15.3 Å². The quantitative estimate of drug-likeness (QED) is 0.647. The lowest BCUT2D eigenvalue weighted by Gasteiger charge is -2.33. The van der Waals surface area contributed by atoms with E-state index in [4.69, 9.17) is 16.3 Å². The van der Waals surface area contributed by atoms with Crippen molar-refractivity contribution in [1.29, 1.82) is 0 Å². The Morgan fingerprint density at radius 3 is 2.75 bits per heavy atom. The van der Waals surface area contributed by atoms with Gasteiger partial charge in [-0.05, 0) is 37.1 Å². The van der Waals surface area contributed by atoms with Crippen LogP contribution in [-0.2, 0) is 6.18 Å². The van der Waals surface area contributed by atoms with Crippen LogP contribution in [0.5, 0.6) is 5.75 Å². The highest BCUT2D eigenvalue weighted by Crippen LogP contribution is 2.29. The summed E-state index contributed by atoms with van der Waals surface area (Å²) in [5, 5.41) is 11.4. The molecule has 2 aromatic heterocycles. The van der Waals surface area contributed by atoms with Gasteiger partial charge >= 0.3 is 6.18 Å². The maximum absolute atomic E-state index is 13.1. The number of fused-ring (bicyclic) bond motifs is 1. The van der Waals surface area contributed by atoms with Crippen molar-refractivity contribution in [1.82, 2.24) is 19.8 Å². The zero-order valence-corrected chi connectivity index (χ0v) is 15.5. The smallest absolute Gasteiger partial charge is 0.453 e. The molecule has 148 valence electrons. The highest BCUT2D eigenvalue weighted by molar-refractivity contribution is 6.32. The first-order valence-electron chi connectivity index (χ1n) is 8.84. The average Bonchev–Trinajstić information content (AvgIpc) is 3.11. The molecule has 0 amide bonds. The highest BCUT2D eigenvalue weighted by Gasteiger charge is 2.38. The lowest BCUT2D eigenvalue weighted by Crippen LogP contribution is -2.38. The van der Waals surface area contributed by atoms with E-state index in [9.17, 15) is 13.2 Å². The van der Waals surface area contributed by atoms with Crippen molar-refractivity contribution in [2.24, 2.45) is 5.92 Å². The lowest BCUT2D eigenvalue weighted by atomic mass is 9.99. The molecule has 1 saturated heterocycles. The first kappa shape index (κ1) is 18.8. The van der Waals surface area contributed by atoms with Crippen molar-refractivity contribution >= 4 is 23.1 Å². The van der Waals surface area contributed by atoms with Gasteiger partial charge in [0.2, 0.25) is 0 Å². The third kappa shape index (κ3) is 3.84. The first-order chi connectivity index (χ1) is 13.4. The molecule has 1 aliphatic heterocycles. The Balaban J connectivity index is 1.49. The van der Waals surface area contributed by atoms with E-state index in [-0.39, 0.29) is 11.6 Å². The minimum atomic E-state index is -4.61. The summed E-state index contributed by atoms with van der Waals surface area (Å²) in [5.41, 5.74) is 0.0617. The van der Waals surface area contributed by atoms with E-state index in [0.717, 1.165) is 17.4 Å². The Morgan fingerprint density at radius 1 is 1.14 bits per heavy atom. The van der Waals surface area contributed by atoms with Crippen LogP contribution in [0.25, 0.3) is 5.65 Å². The number of halogens is 4. The molecule has 1 aliphatic rings. The fraction of sp³-hybridized carbons (Fsp3) is 0.389. The van der Waals surface area contributed by atoms with Crippen LogP contribution in [0.2, 0.25) is 5.02 Å². The average molecular weight is 412 g/mol. The van der Waals surface area contributed by atoms with Gasteiger partial charge in [0.15, 0.2) is 5.65 Å². The van der Waals surface area contributed by atoms with Crippen LogP contribution in [0, 0.1) is 5.92 Å². The number of para-hydroxylation sites is 1. The van der Waals surface area contributed by atoms with Crippen molar-refractivity contribution in [3.63, 3.8) is 0 Å². The zero-order chi connectivity index (χ0) is 19.7. The topological polar surface area (TPSA) is 55.5 Å². The largest absolute Gasteiger partial charge is 0.492 e. The van der Waals surface area contributed by atoms with Crippen LogP contribution in [0.3, 0.4) is 0 Å². The Morgan fingerprint density at radius 2 is 1.96 bits per heavy atom. The molecule has 3 aromatic rings. The van der Waals surface area contributed by atoms with Crippen LogP contribution in [0.4, 0.5) is 19.0 Å².